The Kier molecular flexibility index (Phi) is 3.42. The zero-order chi connectivity index (χ0) is 10.8. The summed E-state index contributed by atoms with van der Waals surface area (Å²) in [6.07, 6.45) is 0.991. The number of carboxylic acids is 1. The third kappa shape index (κ3) is 3.21. The second-order valence-electron chi connectivity index (χ2n) is 4.00. The maximum Gasteiger partial charge on any atom is 0.320 e. The molecule has 0 heterocycles. The van der Waals surface area contributed by atoms with E-state index in [1.165, 1.54) is 0 Å². The summed E-state index contributed by atoms with van der Waals surface area (Å²) in [5.41, 5.74) is 5.29. The van der Waals surface area contributed by atoms with Crippen LogP contribution in [0.15, 0.2) is 0 Å². The Labute approximate surface area is 81.3 Å². The van der Waals surface area contributed by atoms with Crippen LogP contribution in [0.1, 0.15) is 32.1 Å². The Bertz CT molecular complexity index is 221. The number of rotatable bonds is 3. The highest BCUT2D eigenvalue weighted by atomic mass is 19.3. The van der Waals surface area contributed by atoms with Crippen molar-refractivity contribution < 1.29 is 18.7 Å². The van der Waals surface area contributed by atoms with Crippen LogP contribution in [0.3, 0.4) is 0 Å². The van der Waals surface area contributed by atoms with E-state index in [1.54, 1.807) is 0 Å². The van der Waals surface area contributed by atoms with Crippen molar-refractivity contribution in [3.63, 3.8) is 0 Å². The quantitative estimate of drug-likeness (QED) is 0.739. The maximum absolute atomic E-state index is 12.9. The summed E-state index contributed by atoms with van der Waals surface area (Å²) in [5, 5.41) is 8.53. The van der Waals surface area contributed by atoms with Crippen LogP contribution in [0, 0.1) is 5.92 Å². The van der Waals surface area contributed by atoms with Crippen molar-refractivity contribution in [3.8, 4) is 0 Å². The van der Waals surface area contributed by atoms with Crippen LogP contribution in [-0.2, 0) is 4.79 Å². The van der Waals surface area contributed by atoms with Gasteiger partial charge >= 0.3 is 5.97 Å². The molecule has 0 amide bonds. The molecule has 0 spiro atoms. The van der Waals surface area contributed by atoms with E-state index in [1.807, 2.05) is 0 Å². The monoisotopic (exact) mass is 207 g/mol. The molecule has 82 valence electrons. The average molecular weight is 207 g/mol. The molecule has 2 unspecified atom stereocenters. The van der Waals surface area contributed by atoms with E-state index >= 15 is 0 Å². The first kappa shape index (κ1) is 11.4. The molecule has 1 aliphatic rings. The van der Waals surface area contributed by atoms with Crippen LogP contribution in [0.5, 0.6) is 0 Å². The van der Waals surface area contributed by atoms with Gasteiger partial charge in [-0.3, -0.25) is 4.79 Å². The van der Waals surface area contributed by atoms with Gasteiger partial charge in [-0.1, -0.05) is 0 Å². The Morgan fingerprint density at radius 1 is 1.64 bits per heavy atom. The van der Waals surface area contributed by atoms with Gasteiger partial charge in [0.25, 0.3) is 0 Å². The molecule has 0 aromatic heterocycles. The van der Waals surface area contributed by atoms with Gasteiger partial charge in [0.05, 0.1) is 0 Å². The molecule has 2 atom stereocenters. The fourth-order valence-corrected chi connectivity index (χ4v) is 1.94. The van der Waals surface area contributed by atoms with E-state index in [0.29, 0.717) is 12.8 Å². The minimum atomic E-state index is -2.62. The molecular formula is C9H15F2NO2. The largest absolute Gasteiger partial charge is 0.480 e. The lowest BCUT2D eigenvalue weighted by molar-refractivity contribution is -0.139. The Hall–Kier alpha value is -0.710. The lowest BCUT2D eigenvalue weighted by Gasteiger charge is -2.29. The van der Waals surface area contributed by atoms with Crippen molar-refractivity contribution in [2.24, 2.45) is 11.7 Å². The lowest BCUT2D eigenvalue weighted by Crippen LogP contribution is -2.35. The molecule has 0 aromatic carbocycles. The molecule has 1 rings (SSSR count). The number of halogens is 2. The van der Waals surface area contributed by atoms with E-state index in [-0.39, 0.29) is 25.2 Å². The zero-order valence-corrected chi connectivity index (χ0v) is 7.88. The highest BCUT2D eigenvalue weighted by molar-refractivity contribution is 5.73. The van der Waals surface area contributed by atoms with Gasteiger partial charge in [-0.05, 0) is 25.2 Å². The number of aliphatic carboxylic acids is 1. The van der Waals surface area contributed by atoms with E-state index in [4.69, 9.17) is 10.8 Å². The van der Waals surface area contributed by atoms with Crippen molar-refractivity contribution in [1.82, 2.24) is 0 Å². The van der Waals surface area contributed by atoms with E-state index < -0.39 is 17.9 Å². The van der Waals surface area contributed by atoms with Gasteiger partial charge in [0.2, 0.25) is 5.92 Å². The van der Waals surface area contributed by atoms with Crippen molar-refractivity contribution >= 4 is 5.97 Å². The summed E-state index contributed by atoms with van der Waals surface area (Å²) in [6, 6.07) is -1.01. The van der Waals surface area contributed by atoms with Crippen LogP contribution >= 0.6 is 0 Å². The molecule has 0 aliphatic heterocycles. The SMILES string of the molecule is NC(CC1CCCC(F)(F)C1)C(=O)O. The highest BCUT2D eigenvalue weighted by Gasteiger charge is 2.37. The summed E-state index contributed by atoms with van der Waals surface area (Å²) >= 11 is 0. The summed E-state index contributed by atoms with van der Waals surface area (Å²) in [6.45, 7) is 0. The van der Waals surface area contributed by atoms with Crippen LogP contribution in [-0.4, -0.2) is 23.0 Å². The predicted octanol–water partition coefficient (Wildman–Crippen LogP) is 1.61. The normalized spacial score (nSPS) is 28.4. The number of carbonyl (C=O) groups is 1. The zero-order valence-electron chi connectivity index (χ0n) is 7.88. The number of alkyl halides is 2. The number of hydrogen-bond acceptors (Lipinski definition) is 2. The molecule has 1 fully saturated rings. The summed E-state index contributed by atoms with van der Waals surface area (Å²) in [7, 11) is 0. The average Bonchev–Trinajstić information content (AvgIpc) is 2.01. The smallest absolute Gasteiger partial charge is 0.320 e. The van der Waals surface area contributed by atoms with Gasteiger partial charge < -0.3 is 10.8 Å². The van der Waals surface area contributed by atoms with Gasteiger partial charge in [-0.25, -0.2) is 8.78 Å². The molecule has 3 N–H and O–H groups in total. The van der Waals surface area contributed by atoms with Crippen molar-refractivity contribution in [2.45, 2.75) is 44.1 Å². The fraction of sp³-hybridized carbons (Fsp3) is 0.889. The molecule has 3 nitrogen and oxygen atoms in total. The third-order valence-corrected chi connectivity index (χ3v) is 2.65. The van der Waals surface area contributed by atoms with Gasteiger partial charge in [0.15, 0.2) is 0 Å². The molecule has 1 aliphatic carbocycles. The van der Waals surface area contributed by atoms with Gasteiger partial charge in [0, 0.05) is 12.8 Å². The fourth-order valence-electron chi connectivity index (χ4n) is 1.94. The Balaban J connectivity index is 2.42. The number of carboxylic acid groups (broad SMARTS) is 1. The standard InChI is InChI=1S/C9H15F2NO2/c10-9(11)3-1-2-6(5-9)4-7(12)8(13)14/h6-7H,1-5,12H2,(H,13,14). The predicted molar refractivity (Wildman–Crippen MR) is 47.1 cm³/mol. The Morgan fingerprint density at radius 3 is 2.79 bits per heavy atom. The minimum absolute atomic E-state index is 0.0776. The van der Waals surface area contributed by atoms with E-state index in [9.17, 15) is 13.6 Å². The molecule has 14 heavy (non-hydrogen) atoms. The molecule has 0 radical (unpaired) electrons. The van der Waals surface area contributed by atoms with E-state index in [0.717, 1.165) is 0 Å². The van der Waals surface area contributed by atoms with Crippen molar-refractivity contribution in [3.05, 3.63) is 0 Å². The minimum Gasteiger partial charge on any atom is -0.480 e. The second kappa shape index (κ2) is 4.21. The first-order chi connectivity index (χ1) is 6.41. The molecule has 0 saturated heterocycles. The molecular weight excluding hydrogens is 192 g/mol. The van der Waals surface area contributed by atoms with E-state index in [2.05, 4.69) is 0 Å². The van der Waals surface area contributed by atoms with Crippen molar-refractivity contribution in [1.29, 1.82) is 0 Å². The topological polar surface area (TPSA) is 63.3 Å². The van der Waals surface area contributed by atoms with Gasteiger partial charge in [0.1, 0.15) is 6.04 Å². The summed E-state index contributed by atoms with van der Waals surface area (Å²) in [5.74, 6) is -3.98. The van der Waals surface area contributed by atoms with Gasteiger partial charge in [-0.15, -0.1) is 0 Å². The molecule has 1 saturated carbocycles. The van der Waals surface area contributed by atoms with Crippen LogP contribution in [0.25, 0.3) is 0 Å². The number of nitrogens with two attached hydrogens (primary N) is 1. The maximum atomic E-state index is 12.9. The molecule has 5 heteroatoms. The van der Waals surface area contributed by atoms with Gasteiger partial charge in [-0.2, -0.15) is 0 Å². The third-order valence-electron chi connectivity index (χ3n) is 2.65. The number of hydrogen-bond donors (Lipinski definition) is 2. The first-order valence-corrected chi connectivity index (χ1v) is 4.77. The van der Waals surface area contributed by atoms with Crippen LogP contribution < -0.4 is 5.73 Å². The summed E-state index contributed by atoms with van der Waals surface area (Å²) in [4.78, 5) is 10.4. The lowest BCUT2D eigenvalue weighted by atomic mass is 9.83. The highest BCUT2D eigenvalue weighted by Crippen LogP contribution is 2.38. The second-order valence-corrected chi connectivity index (χ2v) is 4.00. The molecule has 0 bridgehead atoms. The molecule has 0 aromatic rings. The first-order valence-electron chi connectivity index (χ1n) is 4.77. The Morgan fingerprint density at radius 2 is 2.29 bits per heavy atom. The van der Waals surface area contributed by atoms with Crippen LogP contribution in [0.4, 0.5) is 8.78 Å². The van der Waals surface area contributed by atoms with Crippen LogP contribution in [0.2, 0.25) is 0 Å². The summed E-state index contributed by atoms with van der Waals surface area (Å²) < 4.78 is 25.8. The van der Waals surface area contributed by atoms with Crippen molar-refractivity contribution in [2.75, 3.05) is 0 Å².